The lowest BCUT2D eigenvalue weighted by atomic mass is 9.90. The van der Waals surface area contributed by atoms with E-state index < -0.39 is 0 Å². The summed E-state index contributed by atoms with van der Waals surface area (Å²) in [5.41, 5.74) is 1.46. The van der Waals surface area contributed by atoms with Gasteiger partial charge in [0.25, 0.3) is 0 Å². The van der Waals surface area contributed by atoms with Crippen molar-refractivity contribution in [2.24, 2.45) is 0 Å². The second-order valence-electron chi connectivity index (χ2n) is 7.96. The molecule has 1 aromatic rings. The highest BCUT2D eigenvalue weighted by Gasteiger charge is 2.36. The van der Waals surface area contributed by atoms with Gasteiger partial charge in [0.1, 0.15) is 0 Å². The number of ether oxygens (including phenoxy) is 1. The molecule has 3 fully saturated rings. The first kappa shape index (κ1) is 35.4. The molecular weight excluding hydrogens is 465 g/mol. The average molecular weight is 507 g/mol. The molecule has 1 aromatic carbocycles. The smallest absolute Gasteiger partial charge is 0.0594 e. The fourth-order valence-corrected chi connectivity index (χ4v) is 4.92. The van der Waals surface area contributed by atoms with Crippen LogP contribution in [-0.2, 0) is 11.3 Å². The maximum atomic E-state index is 5.46. The van der Waals surface area contributed by atoms with Gasteiger partial charge < -0.3 is 21.2 Å². The van der Waals surface area contributed by atoms with Gasteiger partial charge in [0.15, 0.2) is 0 Å². The zero-order valence-corrected chi connectivity index (χ0v) is 20.7. The van der Waals surface area contributed by atoms with E-state index in [0.29, 0.717) is 0 Å². The highest BCUT2D eigenvalue weighted by molar-refractivity contribution is 5.86. The average Bonchev–Trinajstić information content (AvgIpc) is 2.64. The second-order valence-corrected chi connectivity index (χ2v) is 7.96. The Morgan fingerprint density at radius 1 is 0.774 bits per heavy atom. The zero-order chi connectivity index (χ0) is 16.9. The predicted molar refractivity (Wildman–Crippen MR) is 134 cm³/mol. The molecule has 2 bridgehead atoms. The van der Waals surface area contributed by atoms with E-state index in [4.69, 9.17) is 4.74 Å². The van der Waals surface area contributed by atoms with Gasteiger partial charge in [0, 0.05) is 51.4 Å². The molecule has 7 nitrogen and oxygen atoms in total. The number of nitrogens with zero attached hydrogens (tertiary/aromatic N) is 3. The lowest BCUT2D eigenvalue weighted by molar-refractivity contribution is -0.0166. The fraction of sp³-hybridized carbons (Fsp3) is 0.714. The van der Waals surface area contributed by atoms with Gasteiger partial charge in [-0.25, -0.2) is 0 Å². The third kappa shape index (κ3) is 10.1. The minimum absolute atomic E-state index is 0. The van der Waals surface area contributed by atoms with Gasteiger partial charge >= 0.3 is 0 Å². The zero-order valence-electron chi connectivity index (χ0n) is 18.2. The van der Waals surface area contributed by atoms with Crippen molar-refractivity contribution in [2.75, 3.05) is 52.5 Å². The van der Waals surface area contributed by atoms with Crippen LogP contribution in [0.15, 0.2) is 30.3 Å². The third-order valence-electron chi connectivity index (χ3n) is 6.19. The van der Waals surface area contributed by atoms with E-state index in [1.54, 1.807) is 0 Å². The molecule has 10 heteroatoms. The normalized spacial score (nSPS) is 23.4. The minimum Gasteiger partial charge on any atom is -0.412 e. The Balaban J connectivity index is -0.00000131. The molecule has 3 saturated heterocycles. The van der Waals surface area contributed by atoms with E-state index in [1.165, 1.54) is 57.4 Å². The Morgan fingerprint density at radius 3 is 1.94 bits per heavy atom. The summed E-state index contributed by atoms with van der Waals surface area (Å²) in [6.45, 7) is 10.2. The fourth-order valence-electron chi connectivity index (χ4n) is 4.92. The standard InChI is InChI=1S/C21H33N3O.3ClH.3H2O/c1-2-6-19(7-3-1)16-23-17-20-8-4-9-21(18-23)24(20)11-5-10-22-12-14-25-15-13-22;;;;;;/h1-3,6-7,20-21H,4-5,8-18H2;3*1H;3*1H2. The lowest BCUT2D eigenvalue weighted by Crippen LogP contribution is -2.60. The Kier molecular flexibility index (Phi) is 20.9. The molecule has 6 N–H and O–H groups in total. The summed E-state index contributed by atoms with van der Waals surface area (Å²) >= 11 is 0. The highest BCUT2D eigenvalue weighted by atomic mass is 35.5. The first-order valence-electron chi connectivity index (χ1n) is 10.2. The monoisotopic (exact) mass is 505 g/mol. The van der Waals surface area contributed by atoms with Gasteiger partial charge in [-0.2, -0.15) is 0 Å². The number of morpholine rings is 1. The van der Waals surface area contributed by atoms with Crippen molar-refractivity contribution >= 4 is 37.2 Å². The number of hydrogen-bond acceptors (Lipinski definition) is 4. The quantitative estimate of drug-likeness (QED) is 0.577. The molecule has 0 saturated carbocycles. The summed E-state index contributed by atoms with van der Waals surface area (Å²) < 4.78 is 5.46. The van der Waals surface area contributed by atoms with Crippen molar-refractivity contribution in [3.05, 3.63) is 35.9 Å². The first-order chi connectivity index (χ1) is 12.4. The molecule has 0 radical (unpaired) electrons. The maximum Gasteiger partial charge on any atom is 0.0594 e. The number of halogens is 3. The van der Waals surface area contributed by atoms with Crippen molar-refractivity contribution in [1.29, 1.82) is 0 Å². The largest absolute Gasteiger partial charge is 0.412 e. The summed E-state index contributed by atoms with van der Waals surface area (Å²) in [6.07, 6.45) is 5.51. The van der Waals surface area contributed by atoms with Crippen LogP contribution in [0.2, 0.25) is 0 Å². The molecule has 0 amide bonds. The summed E-state index contributed by atoms with van der Waals surface area (Å²) in [6, 6.07) is 12.5. The van der Waals surface area contributed by atoms with Crippen molar-refractivity contribution in [2.45, 2.75) is 44.3 Å². The number of hydrogen-bond donors (Lipinski definition) is 0. The van der Waals surface area contributed by atoms with Gasteiger partial charge in [0.05, 0.1) is 13.2 Å². The summed E-state index contributed by atoms with van der Waals surface area (Å²) in [7, 11) is 0. The van der Waals surface area contributed by atoms with E-state index in [9.17, 15) is 0 Å². The van der Waals surface area contributed by atoms with Crippen molar-refractivity contribution < 1.29 is 21.2 Å². The third-order valence-corrected chi connectivity index (χ3v) is 6.19. The molecule has 31 heavy (non-hydrogen) atoms. The Labute approximate surface area is 205 Å². The Bertz CT molecular complexity index is 528. The first-order valence-corrected chi connectivity index (χ1v) is 10.2. The molecule has 3 heterocycles. The van der Waals surface area contributed by atoms with Crippen LogP contribution in [0.1, 0.15) is 31.2 Å². The number of fused-ring (bicyclic) bond motifs is 2. The van der Waals surface area contributed by atoms with E-state index in [2.05, 4.69) is 45.0 Å². The maximum absolute atomic E-state index is 5.46. The number of benzene rings is 1. The Morgan fingerprint density at radius 2 is 1.35 bits per heavy atom. The van der Waals surface area contributed by atoms with E-state index in [-0.39, 0.29) is 53.6 Å². The van der Waals surface area contributed by atoms with Crippen LogP contribution >= 0.6 is 37.2 Å². The number of piperidine rings is 1. The van der Waals surface area contributed by atoms with Crippen LogP contribution in [0.5, 0.6) is 0 Å². The van der Waals surface area contributed by atoms with E-state index in [1.807, 2.05) is 0 Å². The highest BCUT2D eigenvalue weighted by Crippen LogP contribution is 2.29. The van der Waals surface area contributed by atoms with E-state index in [0.717, 1.165) is 44.9 Å². The molecule has 3 aliphatic rings. The van der Waals surface area contributed by atoms with Crippen molar-refractivity contribution in [3.8, 4) is 0 Å². The molecule has 186 valence electrons. The van der Waals surface area contributed by atoms with E-state index >= 15 is 0 Å². The lowest BCUT2D eigenvalue weighted by Gasteiger charge is -2.50. The SMILES string of the molecule is Cl.Cl.Cl.O.O.O.c1ccc(CN2CC3CCCC(C2)N3CCCN2CCOCC2)cc1. The van der Waals surface area contributed by atoms with Gasteiger partial charge in [-0.15, -0.1) is 37.2 Å². The molecule has 3 aliphatic heterocycles. The van der Waals surface area contributed by atoms with Gasteiger partial charge in [-0.3, -0.25) is 14.7 Å². The van der Waals surface area contributed by atoms with Gasteiger partial charge in [-0.1, -0.05) is 36.8 Å². The van der Waals surface area contributed by atoms with Gasteiger partial charge in [0.2, 0.25) is 0 Å². The summed E-state index contributed by atoms with van der Waals surface area (Å²) in [5, 5.41) is 0. The van der Waals surface area contributed by atoms with Gasteiger partial charge in [-0.05, 0) is 31.4 Å². The molecular formula is C21H42Cl3N3O4. The number of rotatable bonds is 6. The molecule has 4 rings (SSSR count). The second kappa shape index (κ2) is 18.3. The van der Waals surface area contributed by atoms with Crippen LogP contribution in [0.3, 0.4) is 0 Å². The molecule has 2 unspecified atom stereocenters. The predicted octanol–water partition coefficient (Wildman–Crippen LogP) is 1.24. The van der Waals surface area contributed by atoms with Crippen LogP contribution in [0.4, 0.5) is 0 Å². The molecule has 0 aromatic heterocycles. The number of likely N-dealkylation sites (tertiary alicyclic amines) is 1. The molecule has 0 aliphatic carbocycles. The number of piperazine rings is 1. The molecule has 2 atom stereocenters. The minimum atomic E-state index is 0. The van der Waals surface area contributed by atoms with Crippen molar-refractivity contribution in [1.82, 2.24) is 14.7 Å². The van der Waals surface area contributed by atoms with Crippen LogP contribution < -0.4 is 0 Å². The van der Waals surface area contributed by atoms with Crippen molar-refractivity contribution in [3.63, 3.8) is 0 Å². The molecule has 0 spiro atoms. The summed E-state index contributed by atoms with van der Waals surface area (Å²) in [5.74, 6) is 0. The Hall–Kier alpha value is -0.190. The van der Waals surface area contributed by atoms with Crippen LogP contribution in [0.25, 0.3) is 0 Å². The topological polar surface area (TPSA) is 113 Å². The van der Waals surface area contributed by atoms with Crippen LogP contribution in [0, 0.1) is 0 Å². The summed E-state index contributed by atoms with van der Waals surface area (Å²) in [4.78, 5) is 8.12. The van der Waals surface area contributed by atoms with Crippen LogP contribution in [-0.4, -0.2) is 95.7 Å².